The molecule has 2 unspecified atom stereocenters. The number of ether oxygens (including phenoxy) is 1. The molecule has 2 amide bonds. The number of hydrogen-bond acceptors (Lipinski definition) is 7. The molecule has 3 N–H and O–H groups in total. The van der Waals surface area contributed by atoms with Crippen LogP contribution in [0, 0.1) is 6.92 Å². The Morgan fingerprint density at radius 1 is 1.47 bits per heavy atom. The summed E-state index contributed by atoms with van der Waals surface area (Å²) in [6.07, 6.45) is 2.03. The summed E-state index contributed by atoms with van der Waals surface area (Å²) in [5, 5.41) is 15.2. The van der Waals surface area contributed by atoms with Crippen molar-refractivity contribution in [3.8, 4) is 5.75 Å². The summed E-state index contributed by atoms with van der Waals surface area (Å²) in [5.74, 6) is -2.89. The predicted octanol–water partition coefficient (Wildman–Crippen LogP) is 2.46. The number of aliphatic hydroxyl groups excluding tert-OH is 1. The van der Waals surface area contributed by atoms with E-state index < -0.39 is 19.1 Å². The first-order chi connectivity index (χ1) is 14.3. The second-order valence-corrected chi connectivity index (χ2v) is 8.11. The van der Waals surface area contributed by atoms with E-state index in [9.17, 15) is 13.6 Å². The second kappa shape index (κ2) is 9.63. The normalized spacial score (nSPS) is 20.0. The Kier molecular flexibility index (Phi) is 7.16. The molecule has 3 heterocycles. The van der Waals surface area contributed by atoms with Gasteiger partial charge in [0, 0.05) is 30.7 Å². The van der Waals surface area contributed by atoms with E-state index in [1.165, 1.54) is 18.6 Å². The third-order valence-electron chi connectivity index (χ3n) is 4.94. The molecule has 2 atom stereocenters. The average molecular weight is 442 g/mol. The standard InChI is InChI=1S/C19H25F2N5O3S/c1-12-7-17(30-25-12)24-18(28)23-16-5-6-26(10-19(20,21)11-27)9-14(16)15-4-3-13(29-2)8-22-15/h3-4,7-8,14,16,27H,5-6,9-11H2,1-2H3,(H2,23,24,28). The number of carbonyl (C=O) groups is 1. The van der Waals surface area contributed by atoms with Gasteiger partial charge in [-0.25, -0.2) is 13.6 Å². The van der Waals surface area contributed by atoms with Crippen LogP contribution in [0.15, 0.2) is 24.4 Å². The van der Waals surface area contributed by atoms with E-state index in [-0.39, 0.29) is 24.5 Å². The van der Waals surface area contributed by atoms with Gasteiger partial charge in [-0.3, -0.25) is 15.2 Å². The number of anilines is 1. The van der Waals surface area contributed by atoms with Gasteiger partial charge in [0.25, 0.3) is 5.92 Å². The molecule has 30 heavy (non-hydrogen) atoms. The zero-order valence-electron chi connectivity index (χ0n) is 16.8. The topological polar surface area (TPSA) is 99.6 Å². The monoisotopic (exact) mass is 441 g/mol. The molecule has 0 aromatic carbocycles. The highest BCUT2D eigenvalue weighted by atomic mass is 32.1. The van der Waals surface area contributed by atoms with Crippen molar-refractivity contribution in [1.29, 1.82) is 0 Å². The molecule has 8 nitrogen and oxygen atoms in total. The molecule has 2 aromatic rings. The number of halogens is 2. The smallest absolute Gasteiger partial charge is 0.320 e. The Bertz CT molecular complexity index is 849. The average Bonchev–Trinajstić information content (AvgIpc) is 3.13. The lowest BCUT2D eigenvalue weighted by Gasteiger charge is -2.39. The van der Waals surface area contributed by atoms with Crippen molar-refractivity contribution in [1.82, 2.24) is 19.6 Å². The molecule has 0 spiro atoms. The molecule has 1 fully saturated rings. The van der Waals surface area contributed by atoms with Gasteiger partial charge in [-0.05, 0) is 43.1 Å². The summed E-state index contributed by atoms with van der Waals surface area (Å²) >= 11 is 1.19. The highest BCUT2D eigenvalue weighted by Crippen LogP contribution is 2.29. The molecule has 0 bridgehead atoms. The number of carbonyl (C=O) groups excluding carboxylic acids is 1. The van der Waals surface area contributed by atoms with Crippen molar-refractivity contribution < 1.29 is 23.4 Å². The van der Waals surface area contributed by atoms with Gasteiger partial charge >= 0.3 is 6.03 Å². The van der Waals surface area contributed by atoms with E-state index in [0.29, 0.717) is 29.4 Å². The minimum Gasteiger partial charge on any atom is -0.495 e. The number of alkyl halides is 2. The lowest BCUT2D eigenvalue weighted by molar-refractivity contribution is -0.0774. The van der Waals surface area contributed by atoms with Crippen LogP contribution in [0.5, 0.6) is 5.75 Å². The van der Waals surface area contributed by atoms with Crippen molar-refractivity contribution in [2.45, 2.75) is 31.2 Å². The third kappa shape index (κ3) is 5.83. The number of aliphatic hydroxyl groups is 1. The fourth-order valence-corrected chi connectivity index (χ4v) is 4.14. The maximum absolute atomic E-state index is 13.7. The van der Waals surface area contributed by atoms with E-state index in [0.717, 1.165) is 5.69 Å². The largest absolute Gasteiger partial charge is 0.495 e. The highest BCUT2D eigenvalue weighted by Gasteiger charge is 2.37. The number of amides is 2. The van der Waals surface area contributed by atoms with Crippen molar-refractivity contribution in [3.63, 3.8) is 0 Å². The molecular formula is C19H25F2N5O3S. The Hall–Kier alpha value is -2.37. The van der Waals surface area contributed by atoms with Gasteiger partial charge < -0.3 is 15.2 Å². The SMILES string of the molecule is COc1ccc(C2CN(CC(F)(F)CO)CCC2NC(=O)Nc2cc(C)ns2)nc1. The molecule has 0 radical (unpaired) electrons. The minimum atomic E-state index is -3.18. The lowest BCUT2D eigenvalue weighted by atomic mass is 9.88. The Morgan fingerprint density at radius 2 is 2.27 bits per heavy atom. The Balaban J connectivity index is 1.73. The fraction of sp³-hybridized carbons (Fsp3) is 0.526. The Labute approximate surface area is 177 Å². The van der Waals surface area contributed by atoms with Crippen molar-refractivity contribution >= 4 is 22.6 Å². The fourth-order valence-electron chi connectivity index (χ4n) is 3.48. The van der Waals surface area contributed by atoms with Gasteiger partial charge in [-0.2, -0.15) is 4.37 Å². The molecule has 0 aliphatic carbocycles. The first-order valence-corrected chi connectivity index (χ1v) is 10.3. The number of hydrogen-bond donors (Lipinski definition) is 3. The molecule has 0 saturated carbocycles. The molecule has 1 aliphatic rings. The second-order valence-electron chi connectivity index (χ2n) is 7.30. The van der Waals surface area contributed by atoms with E-state index in [1.54, 1.807) is 29.3 Å². The van der Waals surface area contributed by atoms with E-state index in [1.807, 2.05) is 6.92 Å². The van der Waals surface area contributed by atoms with E-state index in [4.69, 9.17) is 9.84 Å². The van der Waals surface area contributed by atoms with Crippen LogP contribution in [0.3, 0.4) is 0 Å². The van der Waals surface area contributed by atoms with Crippen molar-refractivity contribution in [3.05, 3.63) is 35.8 Å². The number of methoxy groups -OCH3 is 1. The summed E-state index contributed by atoms with van der Waals surface area (Å²) in [5.41, 5.74) is 1.49. The number of likely N-dealkylation sites (tertiary alicyclic amines) is 1. The zero-order valence-corrected chi connectivity index (χ0v) is 17.6. The lowest BCUT2D eigenvalue weighted by Crippen LogP contribution is -2.53. The summed E-state index contributed by atoms with van der Waals surface area (Å²) in [7, 11) is 1.53. The van der Waals surface area contributed by atoms with Crippen LogP contribution in [0.2, 0.25) is 0 Å². The summed E-state index contributed by atoms with van der Waals surface area (Å²) in [6.45, 7) is 0.734. The number of nitrogens with one attached hydrogen (secondary N) is 2. The van der Waals surface area contributed by atoms with Crippen LogP contribution in [0.4, 0.5) is 18.6 Å². The number of aromatic nitrogens is 2. The zero-order chi connectivity index (χ0) is 21.7. The van der Waals surface area contributed by atoms with Crippen LogP contribution < -0.4 is 15.4 Å². The summed E-state index contributed by atoms with van der Waals surface area (Å²) in [4.78, 5) is 18.5. The minimum absolute atomic E-state index is 0.277. The molecule has 11 heteroatoms. The highest BCUT2D eigenvalue weighted by molar-refractivity contribution is 7.10. The van der Waals surface area contributed by atoms with Crippen LogP contribution in [0.25, 0.3) is 0 Å². The molecule has 164 valence electrons. The van der Waals surface area contributed by atoms with Gasteiger partial charge in [0.2, 0.25) is 0 Å². The predicted molar refractivity (Wildman–Crippen MR) is 109 cm³/mol. The van der Waals surface area contributed by atoms with Gasteiger partial charge in [-0.1, -0.05) is 0 Å². The number of aryl methyl sites for hydroxylation is 1. The van der Waals surface area contributed by atoms with Crippen LogP contribution in [-0.4, -0.2) is 70.7 Å². The number of urea groups is 1. The molecular weight excluding hydrogens is 416 g/mol. The van der Waals surface area contributed by atoms with Crippen LogP contribution in [-0.2, 0) is 0 Å². The maximum atomic E-state index is 13.7. The Morgan fingerprint density at radius 3 is 2.87 bits per heavy atom. The van der Waals surface area contributed by atoms with Crippen LogP contribution in [0.1, 0.15) is 23.7 Å². The summed E-state index contributed by atoms with van der Waals surface area (Å²) in [6, 6.07) is 4.62. The molecule has 2 aromatic heterocycles. The number of rotatable bonds is 7. The van der Waals surface area contributed by atoms with E-state index >= 15 is 0 Å². The maximum Gasteiger partial charge on any atom is 0.320 e. The van der Waals surface area contributed by atoms with Gasteiger partial charge in [-0.15, -0.1) is 0 Å². The summed E-state index contributed by atoms with van der Waals surface area (Å²) < 4.78 is 36.7. The van der Waals surface area contributed by atoms with Gasteiger partial charge in [0.1, 0.15) is 17.4 Å². The number of piperidine rings is 1. The quantitative estimate of drug-likeness (QED) is 0.611. The third-order valence-corrected chi connectivity index (χ3v) is 5.74. The molecule has 1 saturated heterocycles. The molecule has 1 aliphatic heterocycles. The van der Waals surface area contributed by atoms with Crippen molar-refractivity contribution in [2.24, 2.45) is 0 Å². The molecule has 3 rings (SSSR count). The number of nitrogens with zero attached hydrogens (tertiary/aromatic N) is 3. The van der Waals surface area contributed by atoms with Crippen molar-refractivity contribution in [2.75, 3.05) is 38.7 Å². The number of pyridine rings is 1. The first kappa shape index (κ1) is 22.3. The van der Waals surface area contributed by atoms with Gasteiger partial charge in [0.05, 0.1) is 25.5 Å². The van der Waals surface area contributed by atoms with Gasteiger partial charge in [0.15, 0.2) is 0 Å². The van der Waals surface area contributed by atoms with E-state index in [2.05, 4.69) is 20.0 Å². The first-order valence-electron chi connectivity index (χ1n) is 9.51. The van der Waals surface area contributed by atoms with Crippen LogP contribution >= 0.6 is 11.5 Å².